The van der Waals surface area contributed by atoms with Crippen molar-refractivity contribution < 1.29 is 19.1 Å². The number of carbonyl (C=O) groups is 2. The van der Waals surface area contributed by atoms with Crippen LogP contribution in [0.15, 0.2) is 35.5 Å². The number of hydrogen-bond donors (Lipinski definition) is 1. The summed E-state index contributed by atoms with van der Waals surface area (Å²) in [6.07, 6.45) is 6.73. The molecule has 0 saturated carbocycles. The molecule has 0 aromatic rings. The molecule has 5 nitrogen and oxygen atoms in total. The molecule has 2 atom stereocenters. The van der Waals surface area contributed by atoms with Gasteiger partial charge in [0.25, 0.3) is 0 Å². The van der Waals surface area contributed by atoms with E-state index in [4.69, 9.17) is 9.47 Å². The highest BCUT2D eigenvalue weighted by atomic mass is 16.5. The number of amides is 1. The van der Waals surface area contributed by atoms with Crippen LogP contribution < -0.4 is 5.32 Å². The lowest BCUT2D eigenvalue weighted by molar-refractivity contribution is -0.137. The van der Waals surface area contributed by atoms with Gasteiger partial charge in [0.2, 0.25) is 5.91 Å². The summed E-state index contributed by atoms with van der Waals surface area (Å²) in [5.41, 5.74) is 2.44. The first-order valence-electron chi connectivity index (χ1n) is 8.06. The molecular formula is C18H25NO4. The molecule has 1 saturated heterocycles. The number of esters is 1. The van der Waals surface area contributed by atoms with E-state index in [1.165, 1.54) is 5.57 Å². The summed E-state index contributed by atoms with van der Waals surface area (Å²) in [7, 11) is 1.60. The molecule has 1 aliphatic heterocycles. The number of allylic oxidation sites excluding steroid dienone is 2. The van der Waals surface area contributed by atoms with Gasteiger partial charge in [0.1, 0.15) is 6.10 Å². The van der Waals surface area contributed by atoms with Crippen molar-refractivity contribution >= 4 is 11.9 Å². The average molecular weight is 319 g/mol. The van der Waals surface area contributed by atoms with Gasteiger partial charge in [-0.05, 0) is 38.7 Å². The van der Waals surface area contributed by atoms with Gasteiger partial charge in [-0.15, -0.1) is 0 Å². The van der Waals surface area contributed by atoms with Crippen molar-refractivity contribution in [1.82, 2.24) is 5.32 Å². The zero-order valence-electron chi connectivity index (χ0n) is 13.9. The van der Waals surface area contributed by atoms with Gasteiger partial charge >= 0.3 is 5.97 Å². The lowest BCUT2D eigenvalue weighted by Gasteiger charge is -2.18. The van der Waals surface area contributed by atoms with Gasteiger partial charge < -0.3 is 14.8 Å². The second-order valence-electron chi connectivity index (χ2n) is 6.07. The summed E-state index contributed by atoms with van der Waals surface area (Å²) < 4.78 is 10.4. The fourth-order valence-electron chi connectivity index (χ4n) is 2.96. The lowest BCUT2D eigenvalue weighted by atomic mass is 9.87. The topological polar surface area (TPSA) is 64.6 Å². The third kappa shape index (κ3) is 4.55. The fourth-order valence-corrected chi connectivity index (χ4v) is 2.96. The van der Waals surface area contributed by atoms with E-state index < -0.39 is 0 Å². The Hall–Kier alpha value is -1.88. The summed E-state index contributed by atoms with van der Waals surface area (Å²) in [4.78, 5) is 24.1. The molecule has 1 N–H and O–H groups in total. The van der Waals surface area contributed by atoms with Crippen molar-refractivity contribution in [2.24, 2.45) is 5.92 Å². The van der Waals surface area contributed by atoms with Crippen LogP contribution in [-0.4, -0.2) is 38.2 Å². The minimum Gasteiger partial charge on any atom is -0.454 e. The van der Waals surface area contributed by atoms with Crippen LogP contribution in [0.5, 0.6) is 0 Å². The molecule has 1 fully saturated rings. The first-order valence-corrected chi connectivity index (χ1v) is 8.06. The Morgan fingerprint density at radius 2 is 2.26 bits per heavy atom. The molecular weight excluding hydrogens is 294 g/mol. The van der Waals surface area contributed by atoms with E-state index in [1.54, 1.807) is 7.11 Å². The third-order valence-corrected chi connectivity index (χ3v) is 4.34. The minimum atomic E-state index is -0.321. The van der Waals surface area contributed by atoms with Gasteiger partial charge in [-0.3, -0.25) is 4.79 Å². The Labute approximate surface area is 137 Å². The Morgan fingerprint density at radius 1 is 1.48 bits per heavy atom. The highest BCUT2D eigenvalue weighted by Crippen LogP contribution is 2.34. The van der Waals surface area contributed by atoms with Crippen LogP contribution in [0.1, 0.15) is 32.6 Å². The predicted molar refractivity (Wildman–Crippen MR) is 87.7 cm³/mol. The van der Waals surface area contributed by atoms with Crippen LogP contribution in [0.25, 0.3) is 0 Å². The van der Waals surface area contributed by atoms with Gasteiger partial charge in [0, 0.05) is 30.7 Å². The molecule has 5 heteroatoms. The van der Waals surface area contributed by atoms with Crippen molar-refractivity contribution in [3.8, 4) is 0 Å². The van der Waals surface area contributed by atoms with E-state index in [-0.39, 0.29) is 23.9 Å². The molecule has 0 aromatic carbocycles. The predicted octanol–water partition coefficient (Wildman–Crippen LogP) is 2.29. The van der Waals surface area contributed by atoms with Crippen LogP contribution in [0.2, 0.25) is 0 Å². The molecule has 1 aliphatic carbocycles. The fraction of sp³-hybridized carbons (Fsp3) is 0.556. The molecule has 23 heavy (non-hydrogen) atoms. The van der Waals surface area contributed by atoms with Crippen molar-refractivity contribution in [1.29, 1.82) is 0 Å². The molecule has 2 aliphatic rings. The summed E-state index contributed by atoms with van der Waals surface area (Å²) in [5.74, 6) is -0.430. The third-order valence-electron chi connectivity index (χ3n) is 4.34. The van der Waals surface area contributed by atoms with E-state index >= 15 is 0 Å². The van der Waals surface area contributed by atoms with Crippen LogP contribution >= 0.6 is 0 Å². The maximum absolute atomic E-state index is 12.3. The number of carbonyl (C=O) groups excluding carboxylic acids is 2. The maximum atomic E-state index is 12.3. The molecule has 126 valence electrons. The van der Waals surface area contributed by atoms with Gasteiger partial charge in [-0.2, -0.15) is 0 Å². The normalized spacial score (nSPS) is 25.1. The molecule has 0 bridgehead atoms. The van der Waals surface area contributed by atoms with Crippen molar-refractivity contribution in [3.05, 3.63) is 35.5 Å². The van der Waals surface area contributed by atoms with Crippen molar-refractivity contribution in [2.45, 2.75) is 38.7 Å². The van der Waals surface area contributed by atoms with E-state index in [1.807, 2.05) is 19.1 Å². The molecule has 2 rings (SSSR count). The second kappa shape index (κ2) is 8.11. The SMILES string of the molecule is C=C1C(=O)O[C@@H]2C=C(C)CCC=C(C(=O)NCCOC)CC[C@H]12. The summed E-state index contributed by atoms with van der Waals surface area (Å²) in [6.45, 7) is 6.87. The first kappa shape index (κ1) is 17.5. The standard InChI is InChI=1S/C18H25NO4/c1-12-5-4-6-14(17(20)19-9-10-22-3)7-8-15-13(2)18(21)23-16(15)11-12/h6,11,15-16H,2,4-5,7-10H2,1,3H3,(H,19,20)/t15-,16-/m1/s1. The highest BCUT2D eigenvalue weighted by molar-refractivity contribution is 5.93. The van der Waals surface area contributed by atoms with Crippen LogP contribution in [0.3, 0.4) is 0 Å². The Bertz CT molecular complexity index is 547. The minimum absolute atomic E-state index is 0.0503. The van der Waals surface area contributed by atoms with Crippen molar-refractivity contribution in [2.75, 3.05) is 20.3 Å². The summed E-state index contributed by atoms with van der Waals surface area (Å²) in [6, 6.07) is 0. The molecule has 1 heterocycles. The van der Waals surface area contributed by atoms with Crippen molar-refractivity contribution in [3.63, 3.8) is 0 Å². The zero-order valence-corrected chi connectivity index (χ0v) is 13.9. The van der Waals surface area contributed by atoms with Crippen LogP contribution in [0, 0.1) is 5.92 Å². The Kier molecular flexibility index (Phi) is 6.16. The van der Waals surface area contributed by atoms with Crippen LogP contribution in [0.4, 0.5) is 0 Å². The maximum Gasteiger partial charge on any atom is 0.334 e. The van der Waals surface area contributed by atoms with Gasteiger partial charge in [-0.25, -0.2) is 4.79 Å². The Morgan fingerprint density at radius 3 is 3.00 bits per heavy atom. The molecule has 0 radical (unpaired) electrons. The van der Waals surface area contributed by atoms with Crippen LogP contribution in [-0.2, 0) is 19.1 Å². The second-order valence-corrected chi connectivity index (χ2v) is 6.07. The molecule has 0 aromatic heterocycles. The average Bonchev–Trinajstić information content (AvgIpc) is 2.77. The van der Waals surface area contributed by atoms with E-state index in [9.17, 15) is 9.59 Å². The molecule has 1 amide bonds. The Balaban J connectivity index is 2.10. The smallest absolute Gasteiger partial charge is 0.334 e. The van der Waals surface area contributed by atoms with E-state index in [0.29, 0.717) is 31.6 Å². The number of hydrogen-bond acceptors (Lipinski definition) is 4. The monoisotopic (exact) mass is 319 g/mol. The van der Waals surface area contributed by atoms with E-state index in [2.05, 4.69) is 11.9 Å². The number of ether oxygens (including phenoxy) is 2. The van der Waals surface area contributed by atoms with Gasteiger partial charge in [0.05, 0.1) is 6.61 Å². The number of methoxy groups -OCH3 is 1. The van der Waals surface area contributed by atoms with Gasteiger partial charge in [-0.1, -0.05) is 18.2 Å². The summed E-state index contributed by atoms with van der Waals surface area (Å²) >= 11 is 0. The number of rotatable bonds is 4. The zero-order chi connectivity index (χ0) is 16.8. The molecule has 0 unspecified atom stereocenters. The largest absolute Gasteiger partial charge is 0.454 e. The lowest BCUT2D eigenvalue weighted by Crippen LogP contribution is -2.29. The molecule has 0 spiro atoms. The van der Waals surface area contributed by atoms with Gasteiger partial charge in [0.15, 0.2) is 0 Å². The van der Waals surface area contributed by atoms with E-state index in [0.717, 1.165) is 18.4 Å². The quantitative estimate of drug-likeness (QED) is 0.374. The number of fused-ring (bicyclic) bond motifs is 1. The number of nitrogens with one attached hydrogen (secondary N) is 1. The highest BCUT2D eigenvalue weighted by Gasteiger charge is 2.37. The first-order chi connectivity index (χ1) is 11.0. The summed E-state index contributed by atoms with van der Waals surface area (Å²) in [5, 5.41) is 2.86.